The topological polar surface area (TPSA) is 45.7 Å². The highest BCUT2D eigenvalue weighted by Gasteiger charge is 2.45. The van der Waals surface area contributed by atoms with Crippen molar-refractivity contribution in [2.75, 3.05) is 26.7 Å². The van der Waals surface area contributed by atoms with Crippen LogP contribution in [-0.2, 0) is 16.1 Å². The molecule has 2 aliphatic rings. The number of likely N-dealkylation sites (tertiary alicyclic amines) is 2. The summed E-state index contributed by atoms with van der Waals surface area (Å²) in [6.07, 6.45) is 5.53. The summed E-state index contributed by atoms with van der Waals surface area (Å²) >= 11 is 0. The van der Waals surface area contributed by atoms with Crippen molar-refractivity contribution >= 4 is 5.91 Å². The number of piperidine rings is 1. The zero-order valence-corrected chi connectivity index (χ0v) is 13.4. The van der Waals surface area contributed by atoms with Gasteiger partial charge in [0.2, 0.25) is 5.91 Å². The Labute approximate surface area is 132 Å². The minimum Gasteiger partial charge on any atom is -0.381 e. The number of amides is 1. The van der Waals surface area contributed by atoms with Crippen LogP contribution >= 0.6 is 0 Å². The van der Waals surface area contributed by atoms with Crippen LogP contribution in [0.1, 0.15) is 25.3 Å². The Hall–Kier alpha value is -1.46. The first-order chi connectivity index (χ1) is 10.7. The second-order valence-electron chi connectivity index (χ2n) is 6.29. The van der Waals surface area contributed by atoms with Crippen LogP contribution in [0.5, 0.6) is 0 Å². The number of aromatic nitrogens is 1. The maximum absolute atomic E-state index is 12.2. The summed E-state index contributed by atoms with van der Waals surface area (Å²) in [4.78, 5) is 20.9. The number of nitrogens with zero attached hydrogens (tertiary/aromatic N) is 3. The summed E-state index contributed by atoms with van der Waals surface area (Å²) in [5.41, 5.74) is 1.23. The Kier molecular flexibility index (Phi) is 4.74. The minimum absolute atomic E-state index is 0.268. The molecule has 0 aromatic carbocycles. The van der Waals surface area contributed by atoms with E-state index < -0.39 is 0 Å². The van der Waals surface area contributed by atoms with E-state index in [1.165, 1.54) is 5.56 Å². The highest BCUT2D eigenvalue weighted by atomic mass is 16.5. The standard InChI is InChI=1S/C17H25N3O2/c1-3-17(21)20-8-6-16(22-2)14-11-19(12-15(14)20)10-13-5-4-7-18-9-13/h4-5,7,9,14-16H,3,6,8,10-12H2,1-2H3/t14-,15+,16+/m0/s1. The molecule has 0 spiro atoms. The van der Waals surface area contributed by atoms with E-state index in [2.05, 4.69) is 20.9 Å². The molecule has 120 valence electrons. The predicted molar refractivity (Wildman–Crippen MR) is 84.2 cm³/mol. The Morgan fingerprint density at radius 2 is 2.32 bits per heavy atom. The van der Waals surface area contributed by atoms with Gasteiger partial charge in [-0.25, -0.2) is 0 Å². The van der Waals surface area contributed by atoms with Crippen LogP contribution in [0.25, 0.3) is 0 Å². The monoisotopic (exact) mass is 303 g/mol. The van der Waals surface area contributed by atoms with Crippen LogP contribution in [-0.4, -0.2) is 59.6 Å². The van der Waals surface area contributed by atoms with E-state index in [9.17, 15) is 4.79 Å². The Bertz CT molecular complexity index is 508. The fourth-order valence-corrected chi connectivity index (χ4v) is 3.92. The molecule has 1 amide bonds. The first-order valence-corrected chi connectivity index (χ1v) is 8.16. The van der Waals surface area contributed by atoms with E-state index >= 15 is 0 Å². The number of rotatable bonds is 4. The summed E-state index contributed by atoms with van der Waals surface area (Å²) in [6.45, 7) is 5.59. The van der Waals surface area contributed by atoms with Gasteiger partial charge in [-0.1, -0.05) is 13.0 Å². The molecule has 0 radical (unpaired) electrons. The summed E-state index contributed by atoms with van der Waals surface area (Å²) in [5, 5.41) is 0. The van der Waals surface area contributed by atoms with Crippen molar-refractivity contribution in [1.29, 1.82) is 0 Å². The highest BCUT2D eigenvalue weighted by molar-refractivity contribution is 5.76. The zero-order chi connectivity index (χ0) is 15.5. The molecule has 2 fully saturated rings. The molecule has 0 unspecified atom stereocenters. The molecule has 0 N–H and O–H groups in total. The van der Waals surface area contributed by atoms with Crippen LogP contribution in [0.15, 0.2) is 24.5 Å². The van der Waals surface area contributed by atoms with Gasteiger partial charge in [0.05, 0.1) is 12.1 Å². The lowest BCUT2D eigenvalue weighted by Gasteiger charge is -2.41. The van der Waals surface area contributed by atoms with Crippen molar-refractivity contribution in [3.63, 3.8) is 0 Å². The molecule has 2 saturated heterocycles. The normalized spacial score (nSPS) is 28.6. The maximum Gasteiger partial charge on any atom is 0.222 e. The Morgan fingerprint density at radius 3 is 3.00 bits per heavy atom. The van der Waals surface area contributed by atoms with Crippen molar-refractivity contribution in [3.05, 3.63) is 30.1 Å². The second kappa shape index (κ2) is 6.75. The summed E-state index contributed by atoms with van der Waals surface area (Å²) in [6, 6.07) is 4.38. The molecule has 3 atom stereocenters. The average Bonchev–Trinajstić information content (AvgIpc) is 2.97. The predicted octanol–water partition coefficient (Wildman–Crippen LogP) is 1.54. The summed E-state index contributed by atoms with van der Waals surface area (Å²) in [5.74, 6) is 0.693. The molecule has 2 aliphatic heterocycles. The molecule has 1 aromatic rings. The molecule has 22 heavy (non-hydrogen) atoms. The van der Waals surface area contributed by atoms with Crippen molar-refractivity contribution in [1.82, 2.24) is 14.8 Å². The average molecular weight is 303 g/mol. The fraction of sp³-hybridized carbons (Fsp3) is 0.647. The van der Waals surface area contributed by atoms with E-state index in [1.807, 2.05) is 19.2 Å². The molecule has 0 aliphatic carbocycles. The summed E-state index contributed by atoms with van der Waals surface area (Å²) in [7, 11) is 1.79. The highest BCUT2D eigenvalue weighted by Crippen LogP contribution is 2.33. The smallest absolute Gasteiger partial charge is 0.222 e. The molecule has 3 rings (SSSR count). The lowest BCUT2D eigenvalue weighted by molar-refractivity contribution is -0.138. The number of carbonyl (C=O) groups excluding carboxylic acids is 1. The van der Waals surface area contributed by atoms with Crippen molar-refractivity contribution in [3.8, 4) is 0 Å². The van der Waals surface area contributed by atoms with Gasteiger partial charge in [-0.05, 0) is 18.1 Å². The van der Waals surface area contributed by atoms with E-state index in [0.717, 1.165) is 32.6 Å². The van der Waals surface area contributed by atoms with Crippen molar-refractivity contribution in [2.24, 2.45) is 5.92 Å². The van der Waals surface area contributed by atoms with Crippen LogP contribution in [0.3, 0.4) is 0 Å². The van der Waals surface area contributed by atoms with Gasteiger partial charge in [-0.15, -0.1) is 0 Å². The minimum atomic E-state index is 0.268. The largest absolute Gasteiger partial charge is 0.381 e. The summed E-state index contributed by atoms with van der Waals surface area (Å²) < 4.78 is 5.69. The zero-order valence-electron chi connectivity index (χ0n) is 13.4. The van der Waals surface area contributed by atoms with Gasteiger partial charge >= 0.3 is 0 Å². The number of pyridine rings is 1. The van der Waals surface area contributed by atoms with Gasteiger partial charge < -0.3 is 9.64 Å². The van der Waals surface area contributed by atoms with Gasteiger partial charge in [0.15, 0.2) is 0 Å². The quantitative estimate of drug-likeness (QED) is 0.846. The molecule has 0 bridgehead atoms. The first-order valence-electron chi connectivity index (χ1n) is 8.16. The van der Waals surface area contributed by atoms with Gasteiger partial charge in [0.25, 0.3) is 0 Å². The van der Waals surface area contributed by atoms with Crippen LogP contribution in [0.4, 0.5) is 0 Å². The van der Waals surface area contributed by atoms with Gasteiger partial charge in [0.1, 0.15) is 0 Å². The number of hydrogen-bond donors (Lipinski definition) is 0. The van der Waals surface area contributed by atoms with Gasteiger partial charge in [0, 0.05) is 58.0 Å². The third-order valence-electron chi connectivity index (χ3n) is 5.00. The van der Waals surface area contributed by atoms with Crippen molar-refractivity contribution in [2.45, 2.75) is 38.5 Å². The number of ether oxygens (including phenoxy) is 1. The third-order valence-corrected chi connectivity index (χ3v) is 5.00. The molecule has 0 saturated carbocycles. The molecule has 5 nitrogen and oxygen atoms in total. The van der Waals surface area contributed by atoms with E-state index in [-0.39, 0.29) is 12.0 Å². The van der Waals surface area contributed by atoms with Crippen molar-refractivity contribution < 1.29 is 9.53 Å². The van der Waals surface area contributed by atoms with E-state index in [0.29, 0.717) is 18.4 Å². The SMILES string of the molecule is CCC(=O)N1CC[C@@H](OC)[C@H]2CN(Cc3cccnc3)C[C@H]21. The third kappa shape index (κ3) is 3.01. The molecule has 1 aromatic heterocycles. The number of methoxy groups -OCH3 is 1. The van der Waals surface area contributed by atoms with Crippen LogP contribution < -0.4 is 0 Å². The molecular weight excluding hydrogens is 278 g/mol. The Balaban J connectivity index is 1.72. The van der Waals surface area contributed by atoms with E-state index in [1.54, 1.807) is 13.3 Å². The molecule has 3 heterocycles. The lowest BCUT2D eigenvalue weighted by Crippen LogP contribution is -2.53. The van der Waals surface area contributed by atoms with Gasteiger partial charge in [-0.2, -0.15) is 0 Å². The van der Waals surface area contributed by atoms with Gasteiger partial charge in [-0.3, -0.25) is 14.7 Å². The van der Waals surface area contributed by atoms with Crippen LogP contribution in [0.2, 0.25) is 0 Å². The fourth-order valence-electron chi connectivity index (χ4n) is 3.92. The number of fused-ring (bicyclic) bond motifs is 1. The number of carbonyl (C=O) groups is 1. The molecule has 5 heteroatoms. The second-order valence-corrected chi connectivity index (χ2v) is 6.29. The maximum atomic E-state index is 12.2. The van der Waals surface area contributed by atoms with Crippen LogP contribution in [0, 0.1) is 5.92 Å². The number of hydrogen-bond acceptors (Lipinski definition) is 4. The lowest BCUT2D eigenvalue weighted by atomic mass is 9.89. The first kappa shape index (κ1) is 15.4. The van der Waals surface area contributed by atoms with E-state index in [4.69, 9.17) is 4.74 Å². The molecular formula is C17H25N3O2. The Morgan fingerprint density at radius 1 is 1.45 bits per heavy atom.